The number of H-pyrrole nitrogens is 1. The monoisotopic (exact) mass is 243 g/mol. The molecule has 2 aromatic rings. The van der Waals surface area contributed by atoms with Gasteiger partial charge in [0.15, 0.2) is 0 Å². The van der Waals surface area contributed by atoms with E-state index in [9.17, 15) is 0 Å². The van der Waals surface area contributed by atoms with Crippen LogP contribution in [0.5, 0.6) is 0 Å². The Morgan fingerprint density at radius 2 is 2.17 bits per heavy atom. The molecule has 1 aromatic carbocycles. The Balaban J connectivity index is 2.23. The molecule has 2 rings (SSSR count). The second-order valence-corrected chi connectivity index (χ2v) is 4.71. The number of nitrogens with one attached hydrogen (secondary N) is 2. The Kier molecular flexibility index (Phi) is 4.15. The first-order chi connectivity index (χ1) is 8.70. The average Bonchev–Trinajstić information content (AvgIpc) is 2.81. The summed E-state index contributed by atoms with van der Waals surface area (Å²) >= 11 is 0. The predicted octanol–water partition coefficient (Wildman–Crippen LogP) is 2.92. The van der Waals surface area contributed by atoms with E-state index >= 15 is 0 Å². The lowest BCUT2D eigenvalue weighted by Crippen LogP contribution is -2.24. The first-order valence-corrected chi connectivity index (χ1v) is 6.49. The molecule has 0 spiro atoms. The Bertz CT molecular complexity index is 488. The maximum atomic E-state index is 4.32. The summed E-state index contributed by atoms with van der Waals surface area (Å²) in [5, 5.41) is 3.54. The second-order valence-electron chi connectivity index (χ2n) is 4.71. The number of imidazole rings is 1. The Morgan fingerprint density at radius 3 is 2.78 bits per heavy atom. The smallest absolute Gasteiger partial charge is 0.107 e. The van der Waals surface area contributed by atoms with Gasteiger partial charge >= 0.3 is 0 Å². The van der Waals surface area contributed by atoms with Crippen molar-refractivity contribution < 1.29 is 0 Å². The highest BCUT2D eigenvalue weighted by molar-refractivity contribution is 5.33. The fraction of sp³-hybridized carbons (Fsp3) is 0.400. The van der Waals surface area contributed by atoms with Gasteiger partial charge in [-0.3, -0.25) is 0 Å². The van der Waals surface area contributed by atoms with Gasteiger partial charge in [-0.05, 0) is 31.5 Å². The molecule has 0 aliphatic carbocycles. The molecule has 1 aromatic heterocycles. The normalized spacial score (nSPS) is 12.6. The fourth-order valence-electron chi connectivity index (χ4n) is 2.36. The molecule has 0 aliphatic rings. The lowest BCUT2D eigenvalue weighted by atomic mass is 9.97. The van der Waals surface area contributed by atoms with E-state index in [1.54, 1.807) is 6.20 Å². The zero-order valence-corrected chi connectivity index (χ0v) is 11.3. The largest absolute Gasteiger partial charge is 0.349 e. The van der Waals surface area contributed by atoms with E-state index in [4.69, 9.17) is 0 Å². The van der Waals surface area contributed by atoms with Gasteiger partial charge in [-0.2, -0.15) is 0 Å². The minimum atomic E-state index is 0.321. The van der Waals surface area contributed by atoms with E-state index in [0.717, 1.165) is 18.8 Å². The van der Waals surface area contributed by atoms with Gasteiger partial charge in [-0.15, -0.1) is 0 Å². The topological polar surface area (TPSA) is 40.7 Å². The van der Waals surface area contributed by atoms with Gasteiger partial charge in [0.2, 0.25) is 0 Å². The van der Waals surface area contributed by atoms with E-state index in [1.807, 2.05) is 6.20 Å². The molecule has 0 bridgehead atoms. The Morgan fingerprint density at radius 1 is 1.33 bits per heavy atom. The van der Waals surface area contributed by atoms with Gasteiger partial charge < -0.3 is 10.3 Å². The van der Waals surface area contributed by atoms with Crippen LogP contribution in [0.25, 0.3) is 0 Å². The summed E-state index contributed by atoms with van der Waals surface area (Å²) in [6, 6.07) is 6.96. The first-order valence-electron chi connectivity index (χ1n) is 6.49. The van der Waals surface area contributed by atoms with Crippen molar-refractivity contribution in [2.45, 2.75) is 33.2 Å². The third kappa shape index (κ3) is 2.99. The summed E-state index contributed by atoms with van der Waals surface area (Å²) in [6.45, 7) is 7.40. The van der Waals surface area contributed by atoms with Crippen LogP contribution >= 0.6 is 0 Å². The minimum Gasteiger partial charge on any atom is -0.349 e. The van der Waals surface area contributed by atoms with Crippen molar-refractivity contribution >= 4 is 0 Å². The summed E-state index contributed by atoms with van der Waals surface area (Å²) in [5.74, 6) is 1.03. The standard InChI is InChI=1S/C15H21N3/c1-4-16-14(10-15-17-7-8-18-15)13-6-5-11(2)9-12(13)3/h5-9,14,16H,4,10H2,1-3H3,(H,17,18). The van der Waals surface area contributed by atoms with Crippen molar-refractivity contribution in [3.05, 3.63) is 53.1 Å². The van der Waals surface area contributed by atoms with Gasteiger partial charge in [-0.25, -0.2) is 4.98 Å². The van der Waals surface area contributed by atoms with E-state index in [2.05, 4.69) is 54.3 Å². The summed E-state index contributed by atoms with van der Waals surface area (Å²) in [6.07, 6.45) is 4.57. The number of rotatable bonds is 5. The van der Waals surface area contributed by atoms with Gasteiger partial charge in [-0.1, -0.05) is 30.7 Å². The van der Waals surface area contributed by atoms with Gasteiger partial charge in [0.05, 0.1) is 0 Å². The third-order valence-corrected chi connectivity index (χ3v) is 3.20. The molecule has 18 heavy (non-hydrogen) atoms. The molecule has 0 saturated heterocycles. The van der Waals surface area contributed by atoms with Crippen molar-refractivity contribution in [2.24, 2.45) is 0 Å². The van der Waals surface area contributed by atoms with Crippen LogP contribution < -0.4 is 5.32 Å². The quantitative estimate of drug-likeness (QED) is 0.847. The van der Waals surface area contributed by atoms with Crippen LogP contribution in [-0.2, 0) is 6.42 Å². The minimum absolute atomic E-state index is 0.321. The molecule has 2 N–H and O–H groups in total. The SMILES string of the molecule is CCNC(Cc1ncc[nH]1)c1ccc(C)cc1C. The van der Waals surface area contributed by atoms with Gasteiger partial charge in [0, 0.05) is 24.9 Å². The van der Waals surface area contributed by atoms with Crippen LogP contribution in [0.2, 0.25) is 0 Å². The maximum absolute atomic E-state index is 4.32. The van der Waals surface area contributed by atoms with Crippen molar-refractivity contribution in [3.63, 3.8) is 0 Å². The zero-order valence-electron chi connectivity index (χ0n) is 11.3. The van der Waals surface area contributed by atoms with Crippen LogP contribution in [0.15, 0.2) is 30.6 Å². The Labute approximate surface area is 109 Å². The summed E-state index contributed by atoms with van der Waals surface area (Å²) < 4.78 is 0. The van der Waals surface area contributed by atoms with Crippen molar-refractivity contribution in [2.75, 3.05) is 6.54 Å². The summed E-state index contributed by atoms with van der Waals surface area (Å²) in [7, 11) is 0. The predicted molar refractivity (Wildman–Crippen MR) is 74.6 cm³/mol. The molecule has 0 radical (unpaired) electrons. The molecule has 0 fully saturated rings. The number of hydrogen-bond acceptors (Lipinski definition) is 2. The molecular formula is C15H21N3. The number of nitrogens with zero attached hydrogens (tertiary/aromatic N) is 1. The molecule has 0 saturated carbocycles. The fourth-order valence-corrected chi connectivity index (χ4v) is 2.36. The summed E-state index contributed by atoms with van der Waals surface area (Å²) in [5.41, 5.74) is 4.01. The van der Waals surface area contributed by atoms with Crippen molar-refractivity contribution in [1.29, 1.82) is 0 Å². The van der Waals surface area contributed by atoms with Crippen LogP contribution in [-0.4, -0.2) is 16.5 Å². The van der Waals surface area contributed by atoms with Crippen LogP contribution in [0.4, 0.5) is 0 Å². The molecule has 1 heterocycles. The maximum Gasteiger partial charge on any atom is 0.107 e. The molecule has 3 heteroatoms. The second kappa shape index (κ2) is 5.83. The average molecular weight is 243 g/mol. The number of likely N-dealkylation sites (N-methyl/N-ethyl adjacent to an activating group) is 1. The number of aromatic nitrogens is 2. The number of hydrogen-bond donors (Lipinski definition) is 2. The molecule has 96 valence electrons. The molecule has 0 amide bonds. The first kappa shape index (κ1) is 12.8. The number of benzene rings is 1. The lowest BCUT2D eigenvalue weighted by Gasteiger charge is -2.20. The van der Waals surface area contributed by atoms with E-state index in [-0.39, 0.29) is 0 Å². The van der Waals surface area contributed by atoms with E-state index < -0.39 is 0 Å². The molecular weight excluding hydrogens is 222 g/mol. The zero-order chi connectivity index (χ0) is 13.0. The lowest BCUT2D eigenvalue weighted by molar-refractivity contribution is 0.537. The number of aromatic amines is 1. The molecule has 3 nitrogen and oxygen atoms in total. The van der Waals surface area contributed by atoms with Crippen LogP contribution in [0.1, 0.15) is 35.5 Å². The van der Waals surface area contributed by atoms with E-state index in [0.29, 0.717) is 6.04 Å². The molecule has 0 aliphatic heterocycles. The van der Waals surface area contributed by atoms with Gasteiger partial charge in [0.25, 0.3) is 0 Å². The molecule has 1 atom stereocenters. The van der Waals surface area contributed by atoms with Crippen molar-refractivity contribution in [1.82, 2.24) is 15.3 Å². The third-order valence-electron chi connectivity index (χ3n) is 3.20. The van der Waals surface area contributed by atoms with Crippen LogP contribution in [0, 0.1) is 13.8 Å². The van der Waals surface area contributed by atoms with E-state index in [1.165, 1.54) is 16.7 Å². The highest BCUT2D eigenvalue weighted by atomic mass is 14.9. The highest BCUT2D eigenvalue weighted by Gasteiger charge is 2.14. The number of aryl methyl sites for hydroxylation is 2. The highest BCUT2D eigenvalue weighted by Crippen LogP contribution is 2.21. The van der Waals surface area contributed by atoms with Crippen molar-refractivity contribution in [3.8, 4) is 0 Å². The summed E-state index contributed by atoms with van der Waals surface area (Å²) in [4.78, 5) is 7.49. The Hall–Kier alpha value is -1.61. The van der Waals surface area contributed by atoms with Gasteiger partial charge in [0.1, 0.15) is 5.82 Å². The van der Waals surface area contributed by atoms with Crippen LogP contribution in [0.3, 0.4) is 0 Å². The molecule has 1 unspecified atom stereocenters.